The summed E-state index contributed by atoms with van der Waals surface area (Å²) in [5.41, 5.74) is 0. The van der Waals surface area contributed by atoms with Crippen LogP contribution in [-0.2, 0) is 0 Å². The molecule has 1 atom stereocenters. The molecule has 0 radical (unpaired) electrons. The van der Waals surface area contributed by atoms with Crippen molar-refractivity contribution in [2.24, 2.45) is 5.92 Å². The molecule has 0 saturated carbocycles. The van der Waals surface area contributed by atoms with E-state index in [0.717, 1.165) is 6.42 Å². The Morgan fingerprint density at radius 1 is 0.520 bits per heavy atom. The highest BCUT2D eigenvalue weighted by atomic mass is 14.3. The molecule has 0 aromatic rings. The topological polar surface area (TPSA) is 23.8 Å². The molecule has 0 spiro atoms. The molecule has 0 aliphatic heterocycles. The average Bonchev–Trinajstić information content (AvgIpc) is 2.63. The first-order valence-electron chi connectivity index (χ1n) is 11.7. The van der Waals surface area contributed by atoms with Gasteiger partial charge in [-0.25, -0.2) is 0 Å². The Balaban J connectivity index is 3.00. The highest BCUT2D eigenvalue weighted by Gasteiger charge is 1.99. The summed E-state index contributed by atoms with van der Waals surface area (Å²) in [6.07, 6.45) is 28.2. The number of hydrogen-bond acceptors (Lipinski definition) is 1. The average molecular weight is 350 g/mol. The SMILES string of the molecule is CCCCCCCCCCCCCCCCCCCCCC(C)C#N. The van der Waals surface area contributed by atoms with E-state index in [4.69, 9.17) is 5.26 Å². The van der Waals surface area contributed by atoms with Gasteiger partial charge in [-0.3, -0.25) is 0 Å². The van der Waals surface area contributed by atoms with Gasteiger partial charge in [0.15, 0.2) is 0 Å². The molecule has 0 aromatic carbocycles. The highest BCUT2D eigenvalue weighted by molar-refractivity contribution is 4.77. The monoisotopic (exact) mass is 349 g/mol. The minimum absolute atomic E-state index is 0.255. The second kappa shape index (κ2) is 21.5. The van der Waals surface area contributed by atoms with Crippen LogP contribution in [0.2, 0.25) is 0 Å². The van der Waals surface area contributed by atoms with Gasteiger partial charge >= 0.3 is 0 Å². The van der Waals surface area contributed by atoms with Crippen LogP contribution in [0.25, 0.3) is 0 Å². The molecule has 0 aliphatic carbocycles. The summed E-state index contributed by atoms with van der Waals surface area (Å²) in [5.74, 6) is 0.255. The fourth-order valence-corrected chi connectivity index (χ4v) is 3.59. The van der Waals surface area contributed by atoms with Gasteiger partial charge < -0.3 is 0 Å². The molecule has 0 aromatic heterocycles. The third-order valence-corrected chi connectivity index (χ3v) is 5.46. The molecule has 1 nitrogen and oxygen atoms in total. The number of hydrogen-bond donors (Lipinski definition) is 0. The van der Waals surface area contributed by atoms with Crippen molar-refractivity contribution in [2.75, 3.05) is 0 Å². The molecule has 0 rings (SSSR count). The summed E-state index contributed by atoms with van der Waals surface area (Å²) >= 11 is 0. The van der Waals surface area contributed by atoms with Crippen molar-refractivity contribution in [1.82, 2.24) is 0 Å². The Hall–Kier alpha value is -0.510. The summed E-state index contributed by atoms with van der Waals surface area (Å²) in [7, 11) is 0. The summed E-state index contributed by atoms with van der Waals surface area (Å²) in [6, 6.07) is 2.32. The van der Waals surface area contributed by atoms with Crippen molar-refractivity contribution in [3.05, 3.63) is 0 Å². The van der Waals surface area contributed by atoms with Crippen molar-refractivity contribution in [2.45, 2.75) is 142 Å². The molecule has 148 valence electrons. The van der Waals surface area contributed by atoms with E-state index in [-0.39, 0.29) is 5.92 Å². The van der Waals surface area contributed by atoms with E-state index in [1.807, 2.05) is 6.92 Å². The van der Waals surface area contributed by atoms with Gasteiger partial charge in [0.1, 0.15) is 0 Å². The molecule has 0 bridgehead atoms. The van der Waals surface area contributed by atoms with E-state index in [1.165, 1.54) is 122 Å². The van der Waals surface area contributed by atoms with Gasteiger partial charge in [-0.15, -0.1) is 0 Å². The van der Waals surface area contributed by atoms with Crippen molar-refractivity contribution in [1.29, 1.82) is 5.26 Å². The Labute approximate surface area is 160 Å². The lowest BCUT2D eigenvalue weighted by Gasteiger charge is -2.04. The molecule has 25 heavy (non-hydrogen) atoms. The van der Waals surface area contributed by atoms with Crippen LogP contribution in [-0.4, -0.2) is 0 Å². The van der Waals surface area contributed by atoms with E-state index in [0.29, 0.717) is 0 Å². The van der Waals surface area contributed by atoms with Crippen LogP contribution in [0.15, 0.2) is 0 Å². The lowest BCUT2D eigenvalue weighted by molar-refractivity contribution is 0.515. The maximum Gasteiger partial charge on any atom is 0.0652 e. The lowest BCUT2D eigenvalue weighted by atomic mass is 10.0. The molecule has 0 heterocycles. The number of unbranched alkanes of at least 4 members (excludes halogenated alkanes) is 18. The van der Waals surface area contributed by atoms with Gasteiger partial charge in [0.05, 0.1) is 6.07 Å². The molecule has 0 aliphatic rings. The van der Waals surface area contributed by atoms with Crippen LogP contribution in [0.4, 0.5) is 0 Å². The van der Waals surface area contributed by atoms with Crippen molar-refractivity contribution >= 4 is 0 Å². The molecular weight excluding hydrogens is 302 g/mol. The quantitative estimate of drug-likeness (QED) is 0.201. The standard InChI is InChI=1S/C24H47N/c1-3-4-5-6-7-8-9-10-11-12-13-14-15-16-17-18-19-20-21-22-24(2)23-25/h24H,3-22H2,1-2H3. The van der Waals surface area contributed by atoms with Gasteiger partial charge in [0.2, 0.25) is 0 Å². The van der Waals surface area contributed by atoms with Gasteiger partial charge in [-0.05, 0) is 13.3 Å². The van der Waals surface area contributed by atoms with E-state index in [2.05, 4.69) is 13.0 Å². The summed E-state index contributed by atoms with van der Waals surface area (Å²) in [4.78, 5) is 0. The number of nitrogens with zero attached hydrogens (tertiary/aromatic N) is 1. The minimum atomic E-state index is 0.255. The first kappa shape index (κ1) is 24.5. The van der Waals surface area contributed by atoms with Crippen molar-refractivity contribution in [3.8, 4) is 6.07 Å². The van der Waals surface area contributed by atoms with E-state index in [1.54, 1.807) is 0 Å². The van der Waals surface area contributed by atoms with Crippen molar-refractivity contribution in [3.63, 3.8) is 0 Å². The van der Waals surface area contributed by atoms with Crippen LogP contribution in [0, 0.1) is 17.2 Å². The summed E-state index contributed by atoms with van der Waals surface area (Å²) < 4.78 is 0. The summed E-state index contributed by atoms with van der Waals surface area (Å²) in [5, 5.41) is 8.74. The zero-order chi connectivity index (χ0) is 18.4. The van der Waals surface area contributed by atoms with Crippen LogP contribution < -0.4 is 0 Å². The molecule has 0 N–H and O–H groups in total. The second-order valence-corrected chi connectivity index (χ2v) is 8.18. The van der Waals surface area contributed by atoms with Crippen LogP contribution in [0.1, 0.15) is 142 Å². The maximum atomic E-state index is 8.74. The zero-order valence-corrected chi connectivity index (χ0v) is 17.7. The number of nitriles is 1. The van der Waals surface area contributed by atoms with Gasteiger partial charge in [-0.2, -0.15) is 5.26 Å². The molecule has 0 saturated heterocycles. The largest absolute Gasteiger partial charge is 0.198 e. The highest BCUT2D eigenvalue weighted by Crippen LogP contribution is 2.15. The Morgan fingerprint density at radius 2 is 0.800 bits per heavy atom. The van der Waals surface area contributed by atoms with Crippen LogP contribution in [0.5, 0.6) is 0 Å². The van der Waals surface area contributed by atoms with Gasteiger partial charge in [-0.1, -0.05) is 129 Å². The smallest absolute Gasteiger partial charge is 0.0652 e. The first-order chi connectivity index (χ1) is 12.3. The Morgan fingerprint density at radius 3 is 1.08 bits per heavy atom. The van der Waals surface area contributed by atoms with Crippen LogP contribution >= 0.6 is 0 Å². The predicted molar refractivity (Wildman–Crippen MR) is 113 cm³/mol. The lowest BCUT2D eigenvalue weighted by Crippen LogP contribution is -1.89. The molecule has 0 amide bonds. The second-order valence-electron chi connectivity index (χ2n) is 8.18. The van der Waals surface area contributed by atoms with Crippen molar-refractivity contribution < 1.29 is 0 Å². The van der Waals surface area contributed by atoms with Crippen LogP contribution in [0.3, 0.4) is 0 Å². The third-order valence-electron chi connectivity index (χ3n) is 5.46. The fourth-order valence-electron chi connectivity index (χ4n) is 3.59. The zero-order valence-electron chi connectivity index (χ0n) is 17.7. The van der Waals surface area contributed by atoms with Gasteiger partial charge in [0, 0.05) is 5.92 Å². The minimum Gasteiger partial charge on any atom is -0.198 e. The predicted octanol–water partition coefficient (Wildman–Crippen LogP) is 8.97. The van der Waals surface area contributed by atoms with E-state index in [9.17, 15) is 0 Å². The number of rotatable bonds is 20. The third kappa shape index (κ3) is 21.4. The Bertz CT molecular complexity index is 278. The summed E-state index contributed by atoms with van der Waals surface area (Å²) in [6.45, 7) is 4.33. The van der Waals surface area contributed by atoms with E-state index < -0.39 is 0 Å². The van der Waals surface area contributed by atoms with E-state index >= 15 is 0 Å². The molecular formula is C24H47N. The first-order valence-corrected chi connectivity index (χ1v) is 11.7. The maximum absolute atomic E-state index is 8.74. The van der Waals surface area contributed by atoms with Gasteiger partial charge in [0.25, 0.3) is 0 Å². The molecule has 1 unspecified atom stereocenters. The molecule has 1 heteroatoms. The Kier molecular flexibility index (Phi) is 21.1. The molecule has 0 fully saturated rings. The fraction of sp³-hybridized carbons (Fsp3) is 0.958. The normalized spacial score (nSPS) is 12.2.